The molecule has 0 bridgehead atoms. The molecule has 1 amide bonds. The van der Waals surface area contributed by atoms with E-state index in [2.05, 4.69) is 15.5 Å². The molecular weight excluding hydrogens is 343 g/mol. The zero-order valence-corrected chi connectivity index (χ0v) is 13.6. The SMILES string of the molecule is C[C@H](Cn1cccn1)NC(=O)c1cc2c(C(F)(F)F)nn(C)c2s1. The molecule has 0 radical (unpaired) electrons. The van der Waals surface area contributed by atoms with Crippen molar-refractivity contribution in [3.8, 4) is 0 Å². The van der Waals surface area contributed by atoms with Gasteiger partial charge in [-0.1, -0.05) is 0 Å². The first-order valence-corrected chi connectivity index (χ1v) is 7.89. The zero-order valence-electron chi connectivity index (χ0n) is 12.8. The lowest BCUT2D eigenvalue weighted by molar-refractivity contribution is -0.140. The molecule has 6 nitrogen and oxygen atoms in total. The largest absolute Gasteiger partial charge is 0.435 e. The average Bonchev–Trinajstić information content (AvgIpc) is 3.15. The molecule has 3 aromatic heterocycles. The van der Waals surface area contributed by atoms with E-state index in [4.69, 9.17) is 0 Å². The number of hydrogen-bond donors (Lipinski definition) is 1. The van der Waals surface area contributed by atoms with E-state index in [-0.39, 0.29) is 16.3 Å². The van der Waals surface area contributed by atoms with Crippen molar-refractivity contribution < 1.29 is 18.0 Å². The van der Waals surface area contributed by atoms with Gasteiger partial charge in [0.2, 0.25) is 0 Å². The third kappa shape index (κ3) is 3.14. The molecule has 1 N–H and O–H groups in total. The molecule has 0 aromatic carbocycles. The van der Waals surface area contributed by atoms with Crippen molar-refractivity contribution >= 4 is 27.5 Å². The predicted octanol–water partition coefficient (Wildman–Crippen LogP) is 2.67. The molecule has 3 heterocycles. The summed E-state index contributed by atoms with van der Waals surface area (Å²) in [5.74, 6) is -0.413. The van der Waals surface area contributed by atoms with Crippen molar-refractivity contribution in [3.63, 3.8) is 0 Å². The number of alkyl halides is 3. The van der Waals surface area contributed by atoms with Crippen molar-refractivity contribution in [2.75, 3.05) is 0 Å². The number of carbonyl (C=O) groups is 1. The summed E-state index contributed by atoms with van der Waals surface area (Å²) in [7, 11) is 1.43. The Kier molecular flexibility index (Phi) is 4.08. The van der Waals surface area contributed by atoms with Gasteiger partial charge in [0, 0.05) is 30.9 Å². The third-order valence-corrected chi connectivity index (χ3v) is 4.60. The van der Waals surface area contributed by atoms with Gasteiger partial charge in [-0.15, -0.1) is 11.3 Å². The quantitative estimate of drug-likeness (QED) is 0.781. The number of rotatable bonds is 4. The summed E-state index contributed by atoms with van der Waals surface area (Å²) >= 11 is 0.985. The van der Waals surface area contributed by atoms with Crippen LogP contribution in [0.1, 0.15) is 22.3 Å². The van der Waals surface area contributed by atoms with Gasteiger partial charge in [0.25, 0.3) is 5.91 Å². The van der Waals surface area contributed by atoms with E-state index in [1.807, 2.05) is 0 Å². The van der Waals surface area contributed by atoms with E-state index in [0.717, 1.165) is 16.0 Å². The van der Waals surface area contributed by atoms with E-state index < -0.39 is 17.8 Å². The molecule has 1 atom stereocenters. The highest BCUT2D eigenvalue weighted by molar-refractivity contribution is 7.20. The highest BCUT2D eigenvalue weighted by Gasteiger charge is 2.37. The molecule has 3 aromatic rings. The van der Waals surface area contributed by atoms with Crippen molar-refractivity contribution in [2.45, 2.75) is 25.7 Å². The Morgan fingerprint density at radius 1 is 1.46 bits per heavy atom. The lowest BCUT2D eigenvalue weighted by Gasteiger charge is -2.13. The normalized spacial score (nSPS) is 13.4. The number of thiophene rings is 1. The van der Waals surface area contributed by atoms with E-state index >= 15 is 0 Å². The molecule has 24 heavy (non-hydrogen) atoms. The Morgan fingerprint density at radius 2 is 2.21 bits per heavy atom. The molecule has 0 spiro atoms. The highest BCUT2D eigenvalue weighted by atomic mass is 32.1. The molecule has 0 unspecified atom stereocenters. The summed E-state index contributed by atoms with van der Waals surface area (Å²) in [6, 6.07) is 2.79. The molecule has 0 saturated heterocycles. The summed E-state index contributed by atoms with van der Waals surface area (Å²) in [6.07, 6.45) is -1.16. The van der Waals surface area contributed by atoms with Gasteiger partial charge in [-0.05, 0) is 19.1 Å². The van der Waals surface area contributed by atoms with Crippen LogP contribution in [0.4, 0.5) is 13.2 Å². The summed E-state index contributed by atoms with van der Waals surface area (Å²) in [4.78, 5) is 12.8. The van der Waals surface area contributed by atoms with Crippen molar-refractivity contribution in [1.29, 1.82) is 0 Å². The van der Waals surface area contributed by atoms with Crippen LogP contribution in [0.25, 0.3) is 10.2 Å². The number of aryl methyl sites for hydroxylation is 1. The molecule has 0 aliphatic heterocycles. The number of aromatic nitrogens is 4. The molecule has 0 fully saturated rings. The number of halogens is 3. The van der Waals surface area contributed by atoms with Crippen LogP contribution >= 0.6 is 11.3 Å². The molecule has 128 valence electrons. The minimum absolute atomic E-state index is 0.0557. The molecule has 0 aliphatic rings. The van der Waals surface area contributed by atoms with Gasteiger partial charge < -0.3 is 5.32 Å². The van der Waals surface area contributed by atoms with Gasteiger partial charge in [0.05, 0.1) is 11.4 Å². The van der Waals surface area contributed by atoms with Gasteiger partial charge in [0.15, 0.2) is 5.69 Å². The second-order valence-corrected chi connectivity index (χ2v) is 6.43. The third-order valence-electron chi connectivity index (χ3n) is 3.40. The smallest absolute Gasteiger partial charge is 0.347 e. The lowest BCUT2D eigenvalue weighted by atomic mass is 10.2. The second kappa shape index (κ2) is 5.93. The monoisotopic (exact) mass is 357 g/mol. The van der Waals surface area contributed by atoms with E-state index in [1.165, 1.54) is 13.1 Å². The Morgan fingerprint density at radius 3 is 2.83 bits per heavy atom. The van der Waals surface area contributed by atoms with E-state index in [1.54, 1.807) is 30.1 Å². The summed E-state index contributed by atoms with van der Waals surface area (Å²) < 4.78 is 41.8. The predicted molar refractivity (Wildman–Crippen MR) is 82.7 cm³/mol. The van der Waals surface area contributed by atoms with Gasteiger partial charge in [-0.2, -0.15) is 23.4 Å². The minimum Gasteiger partial charge on any atom is -0.347 e. The van der Waals surface area contributed by atoms with E-state index in [9.17, 15) is 18.0 Å². The highest BCUT2D eigenvalue weighted by Crippen LogP contribution is 2.37. The van der Waals surface area contributed by atoms with Crippen LogP contribution in [-0.2, 0) is 19.8 Å². The van der Waals surface area contributed by atoms with Gasteiger partial charge in [-0.3, -0.25) is 14.2 Å². The topological polar surface area (TPSA) is 64.7 Å². The number of nitrogens with zero attached hydrogens (tertiary/aromatic N) is 4. The first-order valence-electron chi connectivity index (χ1n) is 7.07. The Bertz CT molecular complexity index is 865. The maximum Gasteiger partial charge on any atom is 0.435 e. The van der Waals surface area contributed by atoms with Crippen LogP contribution in [0, 0.1) is 0 Å². The molecule has 0 aliphatic carbocycles. The van der Waals surface area contributed by atoms with Crippen LogP contribution in [0.3, 0.4) is 0 Å². The van der Waals surface area contributed by atoms with Crippen LogP contribution in [-0.4, -0.2) is 31.5 Å². The second-order valence-electron chi connectivity index (χ2n) is 5.40. The number of nitrogens with one attached hydrogen (secondary N) is 1. The van der Waals surface area contributed by atoms with Crippen LogP contribution in [0.2, 0.25) is 0 Å². The van der Waals surface area contributed by atoms with Crippen molar-refractivity contribution in [1.82, 2.24) is 24.9 Å². The minimum atomic E-state index is -4.55. The molecule has 3 rings (SSSR count). The molecule has 10 heteroatoms. The number of hydrogen-bond acceptors (Lipinski definition) is 4. The molecular formula is C14H14F3N5OS. The average molecular weight is 357 g/mol. The van der Waals surface area contributed by atoms with Gasteiger partial charge in [0.1, 0.15) is 4.83 Å². The number of fused-ring (bicyclic) bond motifs is 1. The summed E-state index contributed by atoms with van der Waals surface area (Å²) in [6.45, 7) is 2.27. The molecule has 0 saturated carbocycles. The fourth-order valence-electron chi connectivity index (χ4n) is 2.39. The van der Waals surface area contributed by atoms with Crippen molar-refractivity contribution in [2.24, 2.45) is 7.05 Å². The number of carbonyl (C=O) groups excluding carboxylic acids is 1. The Labute approximate surface area is 138 Å². The fraction of sp³-hybridized carbons (Fsp3) is 0.357. The maximum absolute atomic E-state index is 13.0. The lowest BCUT2D eigenvalue weighted by Crippen LogP contribution is -2.35. The first kappa shape index (κ1) is 16.5. The van der Waals surface area contributed by atoms with Crippen LogP contribution in [0.15, 0.2) is 24.5 Å². The Hall–Kier alpha value is -2.36. The zero-order chi connectivity index (χ0) is 17.5. The maximum atomic E-state index is 13.0. The van der Waals surface area contributed by atoms with Crippen LogP contribution in [0.5, 0.6) is 0 Å². The fourth-order valence-corrected chi connectivity index (χ4v) is 3.37. The van der Waals surface area contributed by atoms with Gasteiger partial charge >= 0.3 is 6.18 Å². The standard InChI is InChI=1S/C14H14F3N5OS/c1-8(7-22-5-3-4-18-22)19-12(23)10-6-9-11(14(15,16)17)20-21(2)13(9)24-10/h3-6,8H,7H2,1-2H3,(H,19,23)/t8-/m1/s1. The van der Waals surface area contributed by atoms with Gasteiger partial charge in [-0.25, -0.2) is 0 Å². The summed E-state index contributed by atoms with van der Waals surface area (Å²) in [5, 5.41) is 10.2. The summed E-state index contributed by atoms with van der Waals surface area (Å²) in [5.41, 5.74) is -0.972. The first-order chi connectivity index (χ1) is 11.3. The van der Waals surface area contributed by atoms with E-state index in [0.29, 0.717) is 11.4 Å². The van der Waals surface area contributed by atoms with Crippen molar-refractivity contribution in [3.05, 3.63) is 35.1 Å². The Balaban J connectivity index is 1.80. The number of amides is 1. The van der Waals surface area contributed by atoms with Crippen LogP contribution < -0.4 is 5.32 Å².